The minimum absolute atomic E-state index is 0.130. The average molecular weight is 287 g/mol. The van der Waals surface area contributed by atoms with Crippen LogP contribution in [0.5, 0.6) is 5.75 Å². The van der Waals surface area contributed by atoms with Crippen molar-refractivity contribution in [2.45, 2.75) is 39.3 Å². The van der Waals surface area contributed by atoms with Gasteiger partial charge in [0.15, 0.2) is 0 Å². The molecule has 114 valence electrons. The van der Waals surface area contributed by atoms with Crippen LogP contribution in [-0.2, 0) is 6.54 Å². The summed E-state index contributed by atoms with van der Waals surface area (Å²) in [5.41, 5.74) is 2.11. The molecule has 0 unspecified atom stereocenters. The van der Waals surface area contributed by atoms with Gasteiger partial charge < -0.3 is 9.84 Å². The third-order valence-corrected chi connectivity index (χ3v) is 3.61. The highest BCUT2D eigenvalue weighted by Crippen LogP contribution is 2.29. The lowest BCUT2D eigenvalue weighted by molar-refractivity contribution is 0.226. The predicted octanol–water partition coefficient (Wildman–Crippen LogP) is 2.66. The highest BCUT2D eigenvalue weighted by molar-refractivity contribution is 5.48. The Kier molecular flexibility index (Phi) is 5.67. The van der Waals surface area contributed by atoms with Gasteiger partial charge in [-0.2, -0.15) is 0 Å². The highest BCUT2D eigenvalue weighted by atomic mass is 16.5. The molecule has 0 heterocycles. The van der Waals surface area contributed by atoms with Crippen LogP contribution >= 0.6 is 0 Å². The second-order valence-corrected chi connectivity index (χ2v) is 6.05. The zero-order chi connectivity index (χ0) is 15.2. The number of aliphatic hydroxyl groups is 1. The third-order valence-electron chi connectivity index (χ3n) is 3.61. The van der Waals surface area contributed by atoms with Crippen molar-refractivity contribution in [1.29, 1.82) is 0 Å². The fraction of sp³-hybridized carbons (Fsp3) is 0.556. The molecule has 3 nitrogen and oxygen atoms in total. The molecule has 0 atom stereocenters. The molecule has 21 heavy (non-hydrogen) atoms. The van der Waals surface area contributed by atoms with Gasteiger partial charge in [0.2, 0.25) is 0 Å². The maximum absolute atomic E-state index is 8.86. The van der Waals surface area contributed by atoms with Crippen LogP contribution in [0.3, 0.4) is 0 Å². The van der Waals surface area contributed by atoms with Gasteiger partial charge in [-0.15, -0.1) is 0 Å². The van der Waals surface area contributed by atoms with Crippen LogP contribution in [0.2, 0.25) is 0 Å². The molecule has 1 aromatic rings. The molecule has 0 bridgehead atoms. The summed E-state index contributed by atoms with van der Waals surface area (Å²) in [5.74, 6) is 7.11. The maximum Gasteiger partial charge on any atom is 0.134 e. The van der Waals surface area contributed by atoms with Crippen LogP contribution in [0.25, 0.3) is 0 Å². The van der Waals surface area contributed by atoms with Gasteiger partial charge in [0.1, 0.15) is 12.4 Å². The van der Waals surface area contributed by atoms with E-state index in [4.69, 9.17) is 9.84 Å². The Morgan fingerprint density at radius 3 is 2.71 bits per heavy atom. The fourth-order valence-electron chi connectivity index (χ4n) is 2.57. The van der Waals surface area contributed by atoms with E-state index in [1.54, 1.807) is 7.11 Å². The Balaban J connectivity index is 2.15. The maximum atomic E-state index is 8.86. The van der Waals surface area contributed by atoms with Crippen LogP contribution < -0.4 is 4.74 Å². The zero-order valence-corrected chi connectivity index (χ0v) is 13.2. The SMILES string of the molecule is COc1ccc(CN(CC(C)C)C2CC2)cc1C#CCO. The molecular weight excluding hydrogens is 262 g/mol. The number of benzene rings is 1. The van der Waals surface area contributed by atoms with Crippen molar-refractivity contribution in [3.8, 4) is 17.6 Å². The van der Waals surface area contributed by atoms with Crippen molar-refractivity contribution >= 4 is 0 Å². The molecule has 0 radical (unpaired) electrons. The third kappa shape index (κ3) is 4.77. The molecule has 1 aliphatic rings. The number of nitrogens with zero attached hydrogens (tertiary/aromatic N) is 1. The first-order chi connectivity index (χ1) is 10.1. The predicted molar refractivity (Wildman–Crippen MR) is 85.2 cm³/mol. The number of hydrogen-bond acceptors (Lipinski definition) is 3. The molecule has 1 aromatic carbocycles. The summed E-state index contributed by atoms with van der Waals surface area (Å²) in [4.78, 5) is 2.57. The average Bonchev–Trinajstić information content (AvgIpc) is 3.28. The van der Waals surface area contributed by atoms with Gasteiger partial charge in [0.25, 0.3) is 0 Å². The summed E-state index contributed by atoms with van der Waals surface area (Å²) in [5, 5.41) is 8.86. The lowest BCUT2D eigenvalue weighted by Gasteiger charge is -2.24. The van der Waals surface area contributed by atoms with E-state index in [9.17, 15) is 0 Å². The topological polar surface area (TPSA) is 32.7 Å². The molecule has 0 aliphatic heterocycles. The summed E-state index contributed by atoms with van der Waals surface area (Å²) in [6.07, 6.45) is 2.64. The van der Waals surface area contributed by atoms with E-state index >= 15 is 0 Å². The van der Waals surface area contributed by atoms with Crippen LogP contribution in [0.15, 0.2) is 18.2 Å². The van der Waals surface area contributed by atoms with Gasteiger partial charge in [-0.05, 0) is 36.5 Å². The van der Waals surface area contributed by atoms with Crippen molar-refractivity contribution in [1.82, 2.24) is 4.90 Å². The molecule has 0 amide bonds. The van der Waals surface area contributed by atoms with Crippen molar-refractivity contribution in [3.63, 3.8) is 0 Å². The van der Waals surface area contributed by atoms with Gasteiger partial charge in [0, 0.05) is 19.1 Å². The number of ether oxygens (including phenoxy) is 1. The molecule has 0 spiro atoms. The first-order valence-electron chi connectivity index (χ1n) is 7.64. The minimum atomic E-state index is -0.130. The fourth-order valence-corrected chi connectivity index (χ4v) is 2.57. The summed E-state index contributed by atoms with van der Waals surface area (Å²) in [7, 11) is 1.65. The molecule has 1 N–H and O–H groups in total. The molecule has 1 aliphatic carbocycles. The summed E-state index contributed by atoms with van der Waals surface area (Å²) in [6, 6.07) is 6.91. The van der Waals surface area contributed by atoms with Crippen molar-refractivity contribution in [2.75, 3.05) is 20.3 Å². The van der Waals surface area contributed by atoms with E-state index in [-0.39, 0.29) is 6.61 Å². The van der Waals surface area contributed by atoms with Crippen LogP contribution in [0.1, 0.15) is 37.8 Å². The van der Waals surface area contributed by atoms with Gasteiger partial charge in [-0.25, -0.2) is 0 Å². The summed E-state index contributed by atoms with van der Waals surface area (Å²) in [6.45, 7) is 6.49. The van der Waals surface area contributed by atoms with Crippen LogP contribution in [-0.4, -0.2) is 36.3 Å². The molecule has 2 rings (SSSR count). The second-order valence-electron chi connectivity index (χ2n) is 6.05. The van der Waals surface area contributed by atoms with Gasteiger partial charge in [-0.3, -0.25) is 4.90 Å². The molecule has 1 fully saturated rings. The Bertz CT molecular complexity index is 524. The van der Waals surface area contributed by atoms with Crippen molar-refractivity contribution in [2.24, 2.45) is 5.92 Å². The number of aliphatic hydroxyl groups excluding tert-OH is 1. The van der Waals surface area contributed by atoms with E-state index < -0.39 is 0 Å². The van der Waals surface area contributed by atoms with Crippen molar-refractivity contribution in [3.05, 3.63) is 29.3 Å². The molecule has 0 saturated heterocycles. The quantitative estimate of drug-likeness (QED) is 0.817. The molecule has 0 aromatic heterocycles. The highest BCUT2D eigenvalue weighted by Gasteiger charge is 2.29. The smallest absolute Gasteiger partial charge is 0.134 e. The Morgan fingerprint density at radius 2 is 2.14 bits per heavy atom. The first-order valence-corrected chi connectivity index (χ1v) is 7.64. The lowest BCUT2D eigenvalue weighted by Crippen LogP contribution is -2.29. The minimum Gasteiger partial charge on any atom is -0.495 e. The monoisotopic (exact) mass is 287 g/mol. The van der Waals surface area contributed by atoms with E-state index in [2.05, 4.69) is 42.7 Å². The van der Waals surface area contributed by atoms with Gasteiger partial charge >= 0.3 is 0 Å². The summed E-state index contributed by atoms with van der Waals surface area (Å²) < 4.78 is 5.33. The standard InChI is InChI=1S/C18H25NO2/c1-14(2)12-19(17-7-8-17)13-15-6-9-18(21-3)16(11-15)5-4-10-20/h6,9,11,14,17,20H,7-8,10,12-13H2,1-3H3. The van der Waals surface area contributed by atoms with Gasteiger partial charge in [-0.1, -0.05) is 31.8 Å². The molecule has 3 heteroatoms. The van der Waals surface area contributed by atoms with Gasteiger partial charge in [0.05, 0.1) is 12.7 Å². The first kappa shape index (κ1) is 15.9. The van der Waals surface area contributed by atoms with E-state index in [1.165, 1.54) is 18.4 Å². The Hall–Kier alpha value is -1.50. The van der Waals surface area contributed by atoms with Crippen LogP contribution in [0.4, 0.5) is 0 Å². The van der Waals surface area contributed by atoms with E-state index in [1.807, 2.05) is 6.07 Å². The van der Waals surface area contributed by atoms with Crippen LogP contribution in [0, 0.1) is 17.8 Å². The molecule has 1 saturated carbocycles. The number of hydrogen-bond donors (Lipinski definition) is 1. The number of methoxy groups -OCH3 is 1. The Morgan fingerprint density at radius 1 is 1.38 bits per heavy atom. The van der Waals surface area contributed by atoms with Crippen molar-refractivity contribution < 1.29 is 9.84 Å². The Labute approximate surface area is 127 Å². The van der Waals surface area contributed by atoms with E-state index in [0.29, 0.717) is 5.92 Å². The summed E-state index contributed by atoms with van der Waals surface area (Å²) >= 11 is 0. The largest absolute Gasteiger partial charge is 0.495 e. The number of rotatable bonds is 6. The normalized spacial score (nSPS) is 14.2. The molecular formula is C18H25NO2. The zero-order valence-electron chi connectivity index (χ0n) is 13.2. The second kappa shape index (κ2) is 7.49. The lowest BCUT2D eigenvalue weighted by atomic mass is 10.1. The van der Waals surface area contributed by atoms with E-state index in [0.717, 1.165) is 30.4 Å².